The molecule has 0 bridgehead atoms. The minimum atomic E-state index is -4.56. The van der Waals surface area contributed by atoms with Gasteiger partial charge in [-0.2, -0.15) is 13.2 Å². The molecular formula is C27H25F3N4O3. The van der Waals surface area contributed by atoms with E-state index in [-0.39, 0.29) is 23.3 Å². The largest absolute Gasteiger partial charge is 0.491 e. The van der Waals surface area contributed by atoms with Crippen molar-refractivity contribution in [2.75, 3.05) is 25.0 Å². The standard InChI is InChI=1S/C27H25F3N4O3/c1-18(35)34-13-11-20(12-14-34)17-37-23-9-8-21(26-31-16-24(33-26)27(28,29)30)15-22(23)32-25(36)10-7-19-5-3-2-4-6-19/h2-6,8-9,15-16,20H,11-14,17H2,1H3,(H,31,33)(H,32,36). The van der Waals surface area contributed by atoms with Gasteiger partial charge in [-0.1, -0.05) is 24.1 Å². The van der Waals surface area contributed by atoms with Crippen LogP contribution in [0.1, 0.15) is 31.0 Å². The minimum absolute atomic E-state index is 0.00125. The fourth-order valence-electron chi connectivity index (χ4n) is 3.94. The fraction of sp³-hybridized carbons (Fsp3) is 0.296. The number of ether oxygens (including phenoxy) is 1. The van der Waals surface area contributed by atoms with Crippen LogP contribution < -0.4 is 10.1 Å². The lowest BCUT2D eigenvalue weighted by atomic mass is 9.98. The Kier molecular flexibility index (Phi) is 7.82. The molecule has 0 saturated carbocycles. The Labute approximate surface area is 212 Å². The van der Waals surface area contributed by atoms with Crippen LogP contribution in [0.5, 0.6) is 5.75 Å². The van der Waals surface area contributed by atoms with Gasteiger partial charge in [0.25, 0.3) is 0 Å². The van der Waals surface area contributed by atoms with E-state index in [1.54, 1.807) is 48.2 Å². The van der Waals surface area contributed by atoms with Gasteiger partial charge in [0, 0.05) is 37.1 Å². The van der Waals surface area contributed by atoms with Crippen molar-refractivity contribution in [3.8, 4) is 29.0 Å². The molecule has 3 aromatic rings. The lowest BCUT2D eigenvalue weighted by Gasteiger charge is -2.31. The van der Waals surface area contributed by atoms with Crippen LogP contribution in [-0.4, -0.2) is 46.4 Å². The van der Waals surface area contributed by atoms with E-state index >= 15 is 0 Å². The van der Waals surface area contributed by atoms with Crippen molar-refractivity contribution in [1.29, 1.82) is 0 Å². The summed E-state index contributed by atoms with van der Waals surface area (Å²) in [6.45, 7) is 3.22. The Morgan fingerprint density at radius 2 is 1.89 bits per heavy atom. The molecule has 37 heavy (non-hydrogen) atoms. The molecule has 2 heterocycles. The zero-order chi connectivity index (χ0) is 26.4. The fourth-order valence-corrected chi connectivity index (χ4v) is 3.94. The molecule has 0 unspecified atom stereocenters. The summed E-state index contributed by atoms with van der Waals surface area (Å²) in [6.07, 6.45) is -2.27. The maximum absolute atomic E-state index is 13.0. The van der Waals surface area contributed by atoms with Crippen molar-refractivity contribution >= 4 is 17.5 Å². The summed E-state index contributed by atoms with van der Waals surface area (Å²) < 4.78 is 45.1. The first kappa shape index (κ1) is 25.8. The van der Waals surface area contributed by atoms with Crippen LogP contribution in [0.4, 0.5) is 18.9 Å². The molecule has 192 valence electrons. The molecule has 1 aliphatic heterocycles. The zero-order valence-corrected chi connectivity index (χ0v) is 20.1. The van der Waals surface area contributed by atoms with Crippen molar-refractivity contribution < 1.29 is 27.5 Å². The second-order valence-electron chi connectivity index (χ2n) is 8.68. The average molecular weight is 511 g/mol. The Morgan fingerprint density at radius 3 is 2.54 bits per heavy atom. The van der Waals surface area contributed by atoms with E-state index < -0.39 is 17.8 Å². The molecule has 4 rings (SSSR count). The van der Waals surface area contributed by atoms with E-state index in [4.69, 9.17) is 4.74 Å². The van der Waals surface area contributed by atoms with E-state index in [0.717, 1.165) is 19.0 Å². The topological polar surface area (TPSA) is 87.3 Å². The molecule has 1 aromatic heterocycles. The Hall–Kier alpha value is -4.26. The van der Waals surface area contributed by atoms with Gasteiger partial charge in [0.15, 0.2) is 0 Å². The van der Waals surface area contributed by atoms with E-state index in [1.165, 1.54) is 6.07 Å². The number of piperidine rings is 1. The van der Waals surface area contributed by atoms with Gasteiger partial charge < -0.3 is 19.9 Å². The quantitative estimate of drug-likeness (QED) is 0.486. The number of benzene rings is 2. The maximum atomic E-state index is 13.0. The van der Waals surface area contributed by atoms with Gasteiger partial charge >= 0.3 is 12.1 Å². The summed E-state index contributed by atoms with van der Waals surface area (Å²) in [5.41, 5.74) is 0.286. The first-order chi connectivity index (χ1) is 17.7. The summed E-state index contributed by atoms with van der Waals surface area (Å²) in [7, 11) is 0. The molecule has 2 amide bonds. The highest BCUT2D eigenvalue weighted by molar-refractivity contribution is 6.05. The predicted octanol–water partition coefficient (Wildman–Crippen LogP) is 4.72. The van der Waals surface area contributed by atoms with Crippen molar-refractivity contribution in [1.82, 2.24) is 14.9 Å². The molecular weight excluding hydrogens is 485 g/mol. The summed E-state index contributed by atoms with van der Waals surface area (Å²) in [5.74, 6) is 5.30. The number of H-pyrrole nitrogens is 1. The Bertz CT molecular complexity index is 1320. The summed E-state index contributed by atoms with van der Waals surface area (Å²) in [5, 5.41) is 2.68. The van der Waals surface area contributed by atoms with Crippen molar-refractivity contribution in [2.24, 2.45) is 5.92 Å². The lowest BCUT2D eigenvalue weighted by Crippen LogP contribution is -2.38. The number of carbonyl (C=O) groups excluding carboxylic acids is 2. The highest BCUT2D eigenvalue weighted by Gasteiger charge is 2.33. The van der Waals surface area contributed by atoms with E-state index in [9.17, 15) is 22.8 Å². The van der Waals surface area contributed by atoms with E-state index in [1.807, 2.05) is 6.07 Å². The Balaban J connectivity index is 1.53. The van der Waals surface area contributed by atoms with Gasteiger partial charge in [0.1, 0.15) is 17.3 Å². The number of nitrogens with one attached hydrogen (secondary N) is 2. The van der Waals surface area contributed by atoms with E-state index in [2.05, 4.69) is 27.1 Å². The number of carbonyl (C=O) groups is 2. The number of nitrogens with zero attached hydrogens (tertiary/aromatic N) is 2. The molecule has 2 aromatic carbocycles. The number of likely N-dealkylation sites (tertiary alicyclic amines) is 1. The molecule has 0 spiro atoms. The summed E-state index contributed by atoms with van der Waals surface area (Å²) in [6, 6.07) is 13.6. The molecule has 0 atom stereocenters. The molecule has 0 radical (unpaired) electrons. The first-order valence-electron chi connectivity index (χ1n) is 11.7. The second-order valence-corrected chi connectivity index (χ2v) is 8.68. The molecule has 2 N–H and O–H groups in total. The van der Waals surface area contributed by atoms with Crippen molar-refractivity contribution in [3.63, 3.8) is 0 Å². The monoisotopic (exact) mass is 510 g/mol. The number of halogens is 3. The SMILES string of the molecule is CC(=O)N1CCC(COc2ccc(-c3ncc(C(F)(F)F)[nH]3)cc2NC(=O)C#Cc2ccccc2)CC1. The normalized spacial score (nSPS) is 14.0. The van der Waals surface area contributed by atoms with Crippen LogP contribution in [0.15, 0.2) is 54.7 Å². The number of rotatable bonds is 5. The lowest BCUT2D eigenvalue weighted by molar-refractivity contribution is -0.140. The number of hydrogen-bond acceptors (Lipinski definition) is 4. The number of amides is 2. The van der Waals surface area contributed by atoms with Crippen molar-refractivity contribution in [2.45, 2.75) is 25.9 Å². The highest BCUT2D eigenvalue weighted by Crippen LogP contribution is 2.33. The highest BCUT2D eigenvalue weighted by atomic mass is 19.4. The van der Waals surface area contributed by atoms with Gasteiger partial charge in [0.2, 0.25) is 5.91 Å². The molecule has 7 nitrogen and oxygen atoms in total. The smallest absolute Gasteiger partial charge is 0.432 e. The van der Waals surface area contributed by atoms with Crippen LogP contribution in [0, 0.1) is 17.8 Å². The second kappa shape index (κ2) is 11.2. The maximum Gasteiger partial charge on any atom is 0.432 e. The third-order valence-electron chi connectivity index (χ3n) is 6.01. The number of imidazole rings is 1. The van der Waals surface area contributed by atoms with Gasteiger partial charge in [0.05, 0.1) is 18.5 Å². The number of alkyl halides is 3. The minimum Gasteiger partial charge on any atom is -0.491 e. The van der Waals surface area contributed by atoms with Gasteiger partial charge in [-0.15, -0.1) is 0 Å². The summed E-state index contributed by atoms with van der Waals surface area (Å²) in [4.78, 5) is 32.0. The van der Waals surface area contributed by atoms with Crippen molar-refractivity contribution in [3.05, 3.63) is 66.0 Å². The van der Waals surface area contributed by atoms with Crippen LogP contribution in [0.2, 0.25) is 0 Å². The van der Waals surface area contributed by atoms with Gasteiger partial charge in [-0.25, -0.2) is 4.98 Å². The average Bonchev–Trinajstić information content (AvgIpc) is 3.39. The Morgan fingerprint density at radius 1 is 1.16 bits per heavy atom. The zero-order valence-electron chi connectivity index (χ0n) is 20.1. The number of anilines is 1. The molecule has 1 fully saturated rings. The molecule has 1 aliphatic rings. The van der Waals surface area contributed by atoms with Gasteiger partial charge in [-0.05, 0) is 49.1 Å². The third kappa shape index (κ3) is 6.91. The molecule has 10 heteroatoms. The third-order valence-corrected chi connectivity index (χ3v) is 6.01. The number of hydrogen-bond donors (Lipinski definition) is 2. The number of aromatic nitrogens is 2. The molecule has 1 saturated heterocycles. The predicted molar refractivity (Wildman–Crippen MR) is 131 cm³/mol. The van der Waals surface area contributed by atoms with Crippen LogP contribution in [-0.2, 0) is 15.8 Å². The number of aromatic amines is 1. The van der Waals surface area contributed by atoms with Crippen LogP contribution in [0.25, 0.3) is 11.4 Å². The summed E-state index contributed by atoms with van der Waals surface area (Å²) >= 11 is 0. The van der Waals surface area contributed by atoms with E-state index in [0.29, 0.717) is 36.6 Å². The van der Waals surface area contributed by atoms with Crippen LogP contribution >= 0.6 is 0 Å². The van der Waals surface area contributed by atoms with Crippen LogP contribution in [0.3, 0.4) is 0 Å². The molecule has 0 aliphatic carbocycles. The first-order valence-corrected chi connectivity index (χ1v) is 11.7. The van der Waals surface area contributed by atoms with Gasteiger partial charge in [-0.3, -0.25) is 9.59 Å².